The number of carbonyl (C=O) groups is 2. The van der Waals surface area contributed by atoms with Gasteiger partial charge in [0.05, 0.1) is 25.0 Å². The summed E-state index contributed by atoms with van der Waals surface area (Å²) in [5.41, 5.74) is 3.70. The van der Waals surface area contributed by atoms with E-state index in [2.05, 4.69) is 10.4 Å². The molecule has 2 heterocycles. The van der Waals surface area contributed by atoms with Crippen LogP contribution < -0.4 is 10.2 Å². The number of halogens is 1. The average Bonchev–Trinajstić information content (AvgIpc) is 3.34. The van der Waals surface area contributed by atoms with Crippen molar-refractivity contribution in [3.05, 3.63) is 66.2 Å². The first-order valence-corrected chi connectivity index (χ1v) is 9.55. The Morgan fingerprint density at radius 3 is 2.70 bits per heavy atom. The van der Waals surface area contributed by atoms with Crippen molar-refractivity contribution in [2.75, 3.05) is 18.0 Å². The lowest BCUT2D eigenvalue weighted by Gasteiger charge is -2.14. The van der Waals surface area contributed by atoms with Crippen LogP contribution >= 0.6 is 0 Å². The fourth-order valence-electron chi connectivity index (χ4n) is 3.30. The van der Waals surface area contributed by atoms with Gasteiger partial charge in [0.25, 0.3) is 0 Å². The normalized spacial score (nSPS) is 15.9. The molecule has 2 amide bonds. The highest BCUT2D eigenvalue weighted by molar-refractivity contribution is 5.90. The molecule has 0 bridgehead atoms. The molecule has 30 heavy (non-hydrogen) atoms. The Balaban J connectivity index is 1.52. The summed E-state index contributed by atoms with van der Waals surface area (Å²) in [5, 5.41) is 6.88. The summed E-state index contributed by atoms with van der Waals surface area (Å²) in [6, 6.07) is 12.5. The number of nitrogens with zero attached hydrogens (tertiary/aromatic N) is 3. The van der Waals surface area contributed by atoms with Gasteiger partial charge in [-0.2, -0.15) is 5.10 Å². The summed E-state index contributed by atoms with van der Waals surface area (Å²) in [7, 11) is 0. The van der Waals surface area contributed by atoms with Gasteiger partial charge < -0.3 is 10.1 Å². The van der Waals surface area contributed by atoms with Crippen LogP contribution in [0.15, 0.2) is 54.9 Å². The third-order valence-corrected chi connectivity index (χ3v) is 4.91. The summed E-state index contributed by atoms with van der Waals surface area (Å²) in [6.07, 6.45) is 2.39. The van der Waals surface area contributed by atoms with Crippen molar-refractivity contribution in [3.8, 4) is 16.8 Å². The van der Waals surface area contributed by atoms with Gasteiger partial charge in [-0.1, -0.05) is 29.8 Å². The minimum absolute atomic E-state index is 0.205. The van der Waals surface area contributed by atoms with Crippen molar-refractivity contribution in [2.24, 2.45) is 0 Å². The van der Waals surface area contributed by atoms with Gasteiger partial charge in [-0.15, -0.1) is 0 Å². The molecule has 154 valence electrons. The molecular weight excluding hydrogens is 387 g/mol. The fourth-order valence-corrected chi connectivity index (χ4v) is 3.30. The van der Waals surface area contributed by atoms with Crippen LogP contribution in [-0.2, 0) is 9.53 Å². The third-order valence-electron chi connectivity index (χ3n) is 4.91. The molecule has 1 saturated heterocycles. The smallest absolute Gasteiger partial charge is 0.414 e. The lowest BCUT2D eigenvalue weighted by Crippen LogP contribution is -2.33. The molecule has 1 aliphatic rings. The molecule has 3 aromatic rings. The second kappa shape index (κ2) is 7.98. The van der Waals surface area contributed by atoms with Crippen molar-refractivity contribution >= 4 is 17.7 Å². The molecule has 0 aliphatic carbocycles. The number of hydrogen-bond donors (Lipinski definition) is 1. The maximum Gasteiger partial charge on any atom is 0.414 e. The van der Waals surface area contributed by atoms with E-state index >= 15 is 0 Å². The summed E-state index contributed by atoms with van der Waals surface area (Å²) in [6.45, 7) is 3.86. The Morgan fingerprint density at radius 2 is 2.00 bits per heavy atom. The zero-order chi connectivity index (χ0) is 21.3. The Labute approximate surface area is 173 Å². The summed E-state index contributed by atoms with van der Waals surface area (Å²) >= 11 is 0. The molecule has 2 aromatic carbocycles. The van der Waals surface area contributed by atoms with E-state index < -0.39 is 18.0 Å². The first kappa shape index (κ1) is 19.6. The Kier molecular flexibility index (Phi) is 5.22. The summed E-state index contributed by atoms with van der Waals surface area (Å²) < 4.78 is 21.5. The molecular formula is C22H21FN4O3. The number of cyclic esters (lactones) is 1. The number of hydrogen-bond acceptors (Lipinski definition) is 4. The second-order valence-electron chi connectivity index (χ2n) is 7.23. The van der Waals surface area contributed by atoms with E-state index in [1.165, 1.54) is 22.6 Å². The number of anilines is 1. The predicted octanol–water partition coefficient (Wildman–Crippen LogP) is 3.45. The van der Waals surface area contributed by atoms with E-state index in [-0.39, 0.29) is 24.7 Å². The molecule has 1 unspecified atom stereocenters. The Hall–Kier alpha value is -3.68. The topological polar surface area (TPSA) is 76.5 Å². The molecule has 1 aliphatic heterocycles. The SMILES string of the molecule is CC(=O)NCC1CN(c2ccc(-n3cc(-c4ccc(C)cc4)cn3)c(F)c2)C(=O)O1. The number of amides is 2. The largest absolute Gasteiger partial charge is 0.442 e. The van der Waals surface area contributed by atoms with E-state index in [0.29, 0.717) is 5.69 Å². The average molecular weight is 408 g/mol. The number of rotatable bonds is 5. The van der Waals surface area contributed by atoms with Gasteiger partial charge >= 0.3 is 6.09 Å². The standard InChI is InChI=1S/C22H21FN4O3/c1-14-3-5-16(6-4-14)17-10-25-27(12-17)21-8-7-18(9-20(21)23)26-13-19(30-22(26)29)11-24-15(2)28/h3-10,12,19H,11,13H2,1-2H3,(H,24,28). The van der Waals surface area contributed by atoms with E-state index in [1.54, 1.807) is 24.5 Å². The van der Waals surface area contributed by atoms with Gasteiger partial charge in [0.2, 0.25) is 5.91 Å². The van der Waals surface area contributed by atoms with E-state index in [1.807, 2.05) is 31.2 Å². The molecule has 1 fully saturated rings. The second-order valence-corrected chi connectivity index (χ2v) is 7.23. The summed E-state index contributed by atoms with van der Waals surface area (Å²) in [5.74, 6) is -0.715. The lowest BCUT2D eigenvalue weighted by molar-refractivity contribution is -0.119. The van der Waals surface area contributed by atoms with Gasteiger partial charge in [-0.25, -0.2) is 13.9 Å². The van der Waals surface area contributed by atoms with Crippen LogP contribution in [0.2, 0.25) is 0 Å². The van der Waals surface area contributed by atoms with Gasteiger partial charge in [-0.3, -0.25) is 9.69 Å². The maximum atomic E-state index is 14.8. The van der Waals surface area contributed by atoms with Crippen LogP contribution in [0.4, 0.5) is 14.9 Å². The monoisotopic (exact) mass is 408 g/mol. The van der Waals surface area contributed by atoms with Crippen molar-refractivity contribution in [1.29, 1.82) is 0 Å². The van der Waals surface area contributed by atoms with Crippen molar-refractivity contribution in [3.63, 3.8) is 0 Å². The van der Waals surface area contributed by atoms with Gasteiger partial charge in [0, 0.05) is 18.7 Å². The zero-order valence-electron chi connectivity index (χ0n) is 16.6. The van der Waals surface area contributed by atoms with Crippen LogP contribution in [0.25, 0.3) is 16.8 Å². The van der Waals surface area contributed by atoms with Crippen LogP contribution in [0, 0.1) is 12.7 Å². The minimum Gasteiger partial charge on any atom is -0.442 e. The van der Waals surface area contributed by atoms with Crippen LogP contribution in [-0.4, -0.2) is 41.0 Å². The highest BCUT2D eigenvalue weighted by Crippen LogP contribution is 2.26. The molecule has 8 heteroatoms. The molecule has 1 aromatic heterocycles. The fraction of sp³-hybridized carbons (Fsp3) is 0.227. The first-order chi connectivity index (χ1) is 14.4. The predicted molar refractivity (Wildman–Crippen MR) is 110 cm³/mol. The van der Waals surface area contributed by atoms with Crippen LogP contribution in [0.5, 0.6) is 0 Å². The van der Waals surface area contributed by atoms with Gasteiger partial charge in [0.1, 0.15) is 11.8 Å². The number of aryl methyl sites for hydroxylation is 1. The molecule has 7 nitrogen and oxygen atoms in total. The molecule has 0 spiro atoms. The molecule has 4 rings (SSSR count). The number of aromatic nitrogens is 2. The van der Waals surface area contributed by atoms with Crippen molar-refractivity contribution in [1.82, 2.24) is 15.1 Å². The van der Waals surface area contributed by atoms with Crippen molar-refractivity contribution < 1.29 is 18.7 Å². The van der Waals surface area contributed by atoms with E-state index in [0.717, 1.165) is 16.7 Å². The molecule has 1 N–H and O–H groups in total. The highest BCUT2D eigenvalue weighted by Gasteiger charge is 2.32. The Morgan fingerprint density at radius 1 is 1.23 bits per heavy atom. The highest BCUT2D eigenvalue weighted by atomic mass is 19.1. The molecule has 0 saturated carbocycles. The van der Waals surface area contributed by atoms with Crippen LogP contribution in [0.3, 0.4) is 0 Å². The van der Waals surface area contributed by atoms with Crippen molar-refractivity contribution in [2.45, 2.75) is 20.0 Å². The number of benzene rings is 2. The number of ether oxygens (including phenoxy) is 1. The molecule has 0 radical (unpaired) electrons. The third kappa shape index (κ3) is 4.03. The number of carbonyl (C=O) groups excluding carboxylic acids is 2. The molecule has 1 atom stereocenters. The maximum absolute atomic E-state index is 14.8. The summed E-state index contributed by atoms with van der Waals surface area (Å²) in [4.78, 5) is 24.5. The van der Waals surface area contributed by atoms with Gasteiger partial charge in [-0.05, 0) is 30.7 Å². The Bertz CT molecular complexity index is 1090. The minimum atomic E-state index is -0.571. The first-order valence-electron chi connectivity index (χ1n) is 9.55. The zero-order valence-corrected chi connectivity index (χ0v) is 16.6. The van der Waals surface area contributed by atoms with E-state index in [9.17, 15) is 14.0 Å². The van der Waals surface area contributed by atoms with Crippen LogP contribution in [0.1, 0.15) is 12.5 Å². The number of nitrogens with one attached hydrogen (secondary N) is 1. The van der Waals surface area contributed by atoms with Gasteiger partial charge in [0.15, 0.2) is 5.82 Å². The lowest BCUT2D eigenvalue weighted by atomic mass is 10.1. The quantitative estimate of drug-likeness (QED) is 0.702. The van der Waals surface area contributed by atoms with E-state index in [4.69, 9.17) is 4.74 Å².